The summed E-state index contributed by atoms with van der Waals surface area (Å²) in [6.07, 6.45) is 10.6. The van der Waals surface area contributed by atoms with Gasteiger partial charge in [0, 0.05) is 50.7 Å². The van der Waals surface area contributed by atoms with Crippen LogP contribution in [0.4, 0.5) is 5.95 Å². The van der Waals surface area contributed by atoms with Gasteiger partial charge in [0.05, 0.1) is 18.1 Å². The molecule has 4 heterocycles. The first kappa shape index (κ1) is 19.7. The number of piperidine rings is 1. The van der Waals surface area contributed by atoms with Crippen LogP contribution in [0.1, 0.15) is 47.8 Å². The maximum Gasteiger partial charge on any atom is 0.274 e. The number of hydrogen-bond acceptors (Lipinski definition) is 8. The molecule has 2 saturated heterocycles. The molecule has 154 valence electrons. The Morgan fingerprint density at radius 1 is 1.03 bits per heavy atom. The number of amides is 1. The molecule has 0 aliphatic carbocycles. The number of carbonyl (C=O) groups excluding carboxylic acids is 1. The van der Waals surface area contributed by atoms with E-state index in [-0.39, 0.29) is 16.7 Å². The molecule has 0 radical (unpaired) electrons. The number of aromatic nitrogens is 4. The van der Waals surface area contributed by atoms with E-state index in [0.717, 1.165) is 25.9 Å². The predicted molar refractivity (Wildman–Crippen MR) is 106 cm³/mol. The minimum atomic E-state index is -3.44. The van der Waals surface area contributed by atoms with Gasteiger partial charge in [-0.2, -0.15) is 0 Å². The van der Waals surface area contributed by atoms with Crippen LogP contribution in [0.3, 0.4) is 0 Å². The van der Waals surface area contributed by atoms with Crippen molar-refractivity contribution in [1.82, 2.24) is 24.8 Å². The number of carbonyl (C=O) groups is 1. The molecule has 2 aliphatic heterocycles. The second-order valence-electron chi connectivity index (χ2n) is 7.54. The smallest absolute Gasteiger partial charge is 0.274 e. The van der Waals surface area contributed by atoms with E-state index in [1.807, 2.05) is 0 Å². The highest BCUT2D eigenvalue weighted by atomic mass is 32.2. The van der Waals surface area contributed by atoms with Gasteiger partial charge in [-0.05, 0) is 25.7 Å². The van der Waals surface area contributed by atoms with Crippen molar-refractivity contribution >= 4 is 21.7 Å². The fraction of sp³-hybridized carbons (Fsp3) is 0.526. The Hall–Kier alpha value is -2.62. The number of hydrogen-bond donors (Lipinski definition) is 0. The Morgan fingerprint density at radius 2 is 1.76 bits per heavy atom. The fourth-order valence-electron chi connectivity index (χ4n) is 3.95. The molecule has 9 nitrogen and oxygen atoms in total. The third kappa shape index (κ3) is 4.21. The van der Waals surface area contributed by atoms with Crippen LogP contribution < -0.4 is 4.90 Å². The van der Waals surface area contributed by atoms with Gasteiger partial charge in [-0.15, -0.1) is 0 Å². The van der Waals surface area contributed by atoms with E-state index in [9.17, 15) is 13.2 Å². The summed E-state index contributed by atoms with van der Waals surface area (Å²) in [5.41, 5.74) is 0.900. The van der Waals surface area contributed by atoms with E-state index in [1.54, 1.807) is 4.90 Å². The Morgan fingerprint density at radius 3 is 2.38 bits per heavy atom. The molecule has 2 aromatic heterocycles. The van der Waals surface area contributed by atoms with Crippen LogP contribution in [0.5, 0.6) is 0 Å². The molecule has 2 aromatic rings. The average Bonchev–Trinajstić information content (AvgIpc) is 3.28. The van der Waals surface area contributed by atoms with Crippen molar-refractivity contribution in [2.45, 2.75) is 36.5 Å². The van der Waals surface area contributed by atoms with E-state index >= 15 is 0 Å². The largest absolute Gasteiger partial charge is 0.341 e. The van der Waals surface area contributed by atoms with E-state index < -0.39 is 9.84 Å². The molecule has 0 atom stereocenters. The Balaban J connectivity index is 1.55. The molecule has 4 rings (SSSR count). The minimum Gasteiger partial charge on any atom is -0.341 e. The predicted octanol–water partition coefficient (Wildman–Crippen LogP) is 1.29. The van der Waals surface area contributed by atoms with Crippen LogP contribution in [0.2, 0.25) is 0 Å². The van der Waals surface area contributed by atoms with Crippen molar-refractivity contribution in [3.8, 4) is 0 Å². The second kappa shape index (κ2) is 8.02. The first-order valence-corrected chi connectivity index (χ1v) is 11.7. The van der Waals surface area contributed by atoms with Crippen molar-refractivity contribution in [2.75, 3.05) is 37.3 Å². The number of likely N-dealkylation sites (tertiary alicyclic amines) is 1. The SMILES string of the molecule is CS(=O)(=O)c1cnc(N2CCCC2)nc1C1CCN(C(=O)c2cnccn2)CC1. The molecule has 2 fully saturated rings. The van der Waals surface area contributed by atoms with Gasteiger partial charge in [-0.1, -0.05) is 0 Å². The van der Waals surface area contributed by atoms with Crippen LogP contribution in [-0.2, 0) is 9.84 Å². The number of sulfone groups is 1. The van der Waals surface area contributed by atoms with Crippen molar-refractivity contribution < 1.29 is 13.2 Å². The highest BCUT2D eigenvalue weighted by Gasteiger charge is 2.30. The minimum absolute atomic E-state index is 0.0324. The standard InChI is InChI=1S/C19H24N6O3S/c1-29(27,28)16-13-22-19(25-8-2-3-9-25)23-17(16)14-4-10-24(11-5-14)18(26)15-12-20-6-7-21-15/h6-7,12-14H,2-5,8-11H2,1H3. The van der Waals surface area contributed by atoms with Gasteiger partial charge in [-0.3, -0.25) is 9.78 Å². The molecule has 0 bridgehead atoms. The molecule has 0 spiro atoms. The number of nitrogens with zero attached hydrogens (tertiary/aromatic N) is 6. The summed E-state index contributed by atoms with van der Waals surface area (Å²) >= 11 is 0. The second-order valence-corrected chi connectivity index (χ2v) is 9.53. The molecule has 2 aliphatic rings. The van der Waals surface area contributed by atoms with Crippen molar-refractivity contribution in [3.63, 3.8) is 0 Å². The lowest BCUT2D eigenvalue weighted by Crippen LogP contribution is -2.38. The van der Waals surface area contributed by atoms with Crippen LogP contribution in [-0.4, -0.2) is 71.6 Å². The lowest BCUT2D eigenvalue weighted by atomic mass is 9.93. The molecule has 0 unspecified atom stereocenters. The van der Waals surface area contributed by atoms with Gasteiger partial charge in [0.2, 0.25) is 5.95 Å². The summed E-state index contributed by atoms with van der Waals surface area (Å²) < 4.78 is 24.6. The average molecular weight is 417 g/mol. The third-order valence-corrected chi connectivity index (χ3v) is 6.62. The molecule has 0 saturated carbocycles. The zero-order valence-electron chi connectivity index (χ0n) is 16.4. The van der Waals surface area contributed by atoms with Gasteiger partial charge >= 0.3 is 0 Å². The fourth-order valence-corrected chi connectivity index (χ4v) is 4.79. The van der Waals surface area contributed by atoms with E-state index in [1.165, 1.54) is 31.0 Å². The van der Waals surface area contributed by atoms with Gasteiger partial charge in [0.1, 0.15) is 10.6 Å². The summed E-state index contributed by atoms with van der Waals surface area (Å²) in [4.78, 5) is 33.7. The van der Waals surface area contributed by atoms with Gasteiger partial charge in [0.25, 0.3) is 5.91 Å². The molecule has 0 aromatic carbocycles. The van der Waals surface area contributed by atoms with Crippen LogP contribution in [0.15, 0.2) is 29.7 Å². The Kier molecular flexibility index (Phi) is 5.44. The van der Waals surface area contributed by atoms with Crippen molar-refractivity contribution in [3.05, 3.63) is 36.2 Å². The van der Waals surface area contributed by atoms with E-state index in [4.69, 9.17) is 0 Å². The quantitative estimate of drug-likeness (QED) is 0.733. The maximum absolute atomic E-state index is 12.6. The summed E-state index contributed by atoms with van der Waals surface area (Å²) in [6.45, 7) is 2.82. The summed E-state index contributed by atoms with van der Waals surface area (Å²) in [5, 5.41) is 0. The maximum atomic E-state index is 12.6. The lowest BCUT2D eigenvalue weighted by molar-refractivity contribution is 0.0705. The topological polar surface area (TPSA) is 109 Å². The van der Waals surface area contributed by atoms with Crippen LogP contribution in [0, 0.1) is 0 Å². The van der Waals surface area contributed by atoms with Crippen molar-refractivity contribution in [2.24, 2.45) is 0 Å². The molecular formula is C19H24N6O3S. The molecule has 0 N–H and O–H groups in total. The molecular weight excluding hydrogens is 392 g/mol. The molecule has 1 amide bonds. The van der Waals surface area contributed by atoms with Crippen LogP contribution in [0.25, 0.3) is 0 Å². The highest BCUT2D eigenvalue weighted by Crippen LogP contribution is 2.32. The third-order valence-electron chi connectivity index (χ3n) is 5.51. The normalized spacial score (nSPS) is 18.2. The lowest BCUT2D eigenvalue weighted by Gasteiger charge is -2.32. The van der Waals surface area contributed by atoms with Gasteiger partial charge < -0.3 is 9.80 Å². The number of anilines is 1. The molecule has 29 heavy (non-hydrogen) atoms. The van der Waals surface area contributed by atoms with E-state index in [0.29, 0.717) is 43.3 Å². The van der Waals surface area contributed by atoms with Gasteiger partial charge in [-0.25, -0.2) is 23.4 Å². The summed E-state index contributed by atoms with van der Waals surface area (Å²) in [6, 6.07) is 0. The van der Waals surface area contributed by atoms with Crippen LogP contribution >= 0.6 is 0 Å². The zero-order chi connectivity index (χ0) is 20.4. The van der Waals surface area contributed by atoms with Crippen molar-refractivity contribution in [1.29, 1.82) is 0 Å². The summed E-state index contributed by atoms with van der Waals surface area (Å²) in [7, 11) is -3.44. The Labute approximate surface area is 170 Å². The summed E-state index contributed by atoms with van der Waals surface area (Å²) in [5.74, 6) is 0.415. The highest BCUT2D eigenvalue weighted by molar-refractivity contribution is 7.90. The Bertz CT molecular complexity index is 984. The van der Waals surface area contributed by atoms with E-state index in [2.05, 4.69) is 24.8 Å². The first-order valence-electron chi connectivity index (χ1n) is 9.81. The number of rotatable bonds is 4. The monoisotopic (exact) mass is 416 g/mol. The first-order chi connectivity index (χ1) is 13.9. The van der Waals surface area contributed by atoms with Gasteiger partial charge in [0.15, 0.2) is 9.84 Å². The molecule has 10 heteroatoms. The zero-order valence-corrected chi connectivity index (χ0v) is 17.2.